The second-order valence-electron chi connectivity index (χ2n) is 5.40. The first-order valence-electron chi connectivity index (χ1n) is 7.10. The minimum absolute atomic E-state index is 0.0498. The lowest BCUT2D eigenvalue weighted by atomic mass is 10.0. The van der Waals surface area contributed by atoms with E-state index in [1.165, 1.54) is 6.20 Å². The molecule has 1 aromatic heterocycles. The molecular formula is C17H19ClN2O2. The molecule has 1 heterocycles. The normalized spacial score (nSPS) is 10.6. The van der Waals surface area contributed by atoms with E-state index in [9.17, 15) is 4.79 Å². The van der Waals surface area contributed by atoms with Crippen molar-refractivity contribution in [2.24, 2.45) is 0 Å². The maximum atomic E-state index is 11.9. The van der Waals surface area contributed by atoms with E-state index < -0.39 is 0 Å². The highest BCUT2D eigenvalue weighted by atomic mass is 35.5. The number of nitrogens with zero attached hydrogens (tertiary/aromatic N) is 1. The molecule has 2 aromatic rings. The predicted octanol–water partition coefficient (Wildman–Crippen LogP) is 4.18. The number of benzene rings is 1. The highest BCUT2D eigenvalue weighted by Gasteiger charge is 2.10. The lowest BCUT2D eigenvalue weighted by Crippen LogP contribution is -2.20. The molecule has 5 heteroatoms. The number of aryl methyl sites for hydroxylation is 1. The van der Waals surface area contributed by atoms with Gasteiger partial charge in [-0.25, -0.2) is 4.98 Å². The van der Waals surface area contributed by atoms with Crippen LogP contribution in [-0.4, -0.2) is 17.5 Å². The van der Waals surface area contributed by atoms with Crippen molar-refractivity contribution >= 4 is 23.2 Å². The highest BCUT2D eigenvalue weighted by Crippen LogP contribution is 2.27. The van der Waals surface area contributed by atoms with Gasteiger partial charge in [0.1, 0.15) is 10.9 Å². The van der Waals surface area contributed by atoms with Crippen molar-refractivity contribution in [2.45, 2.75) is 26.7 Å². The molecular weight excluding hydrogens is 300 g/mol. The van der Waals surface area contributed by atoms with Crippen molar-refractivity contribution < 1.29 is 9.53 Å². The molecule has 0 spiro atoms. The number of carbonyl (C=O) groups is 1. The number of pyridine rings is 1. The van der Waals surface area contributed by atoms with Crippen LogP contribution in [0.1, 0.15) is 30.9 Å². The summed E-state index contributed by atoms with van der Waals surface area (Å²) in [4.78, 5) is 15.8. The second kappa shape index (κ2) is 7.27. The molecule has 0 atom stereocenters. The molecule has 0 aliphatic heterocycles. The minimum atomic E-state index is -0.236. The zero-order chi connectivity index (χ0) is 16.1. The molecule has 1 aromatic carbocycles. The molecule has 4 nitrogen and oxygen atoms in total. The van der Waals surface area contributed by atoms with Gasteiger partial charge in [-0.15, -0.1) is 0 Å². The standard InChI is InChI=1S/C17H19ClN2O2/c1-11(2)14-6-4-12(3)8-15(14)22-10-17(21)20-13-5-7-16(18)19-9-13/h4-9,11H,10H2,1-3H3,(H,20,21). The van der Waals surface area contributed by atoms with Gasteiger partial charge in [0.15, 0.2) is 6.61 Å². The molecule has 2 rings (SSSR count). The molecule has 0 aliphatic carbocycles. The summed E-state index contributed by atoms with van der Waals surface area (Å²) in [7, 11) is 0. The molecule has 22 heavy (non-hydrogen) atoms. The van der Waals surface area contributed by atoms with E-state index in [0.29, 0.717) is 16.8 Å². The maximum Gasteiger partial charge on any atom is 0.262 e. The number of ether oxygens (including phenoxy) is 1. The largest absolute Gasteiger partial charge is 0.483 e. The summed E-state index contributed by atoms with van der Waals surface area (Å²) in [6.45, 7) is 6.14. The van der Waals surface area contributed by atoms with E-state index in [0.717, 1.165) is 16.9 Å². The molecule has 116 valence electrons. The van der Waals surface area contributed by atoms with Crippen LogP contribution in [0.4, 0.5) is 5.69 Å². The quantitative estimate of drug-likeness (QED) is 0.841. The van der Waals surface area contributed by atoms with Gasteiger partial charge in [-0.3, -0.25) is 4.79 Å². The van der Waals surface area contributed by atoms with Gasteiger partial charge in [0.05, 0.1) is 11.9 Å². The second-order valence-corrected chi connectivity index (χ2v) is 5.79. The summed E-state index contributed by atoms with van der Waals surface area (Å²) in [5.41, 5.74) is 2.78. The van der Waals surface area contributed by atoms with Crippen LogP contribution in [0, 0.1) is 6.92 Å². The molecule has 0 saturated heterocycles. The van der Waals surface area contributed by atoms with Crippen LogP contribution in [0.2, 0.25) is 5.15 Å². The Morgan fingerprint density at radius 2 is 2.09 bits per heavy atom. The number of hydrogen-bond donors (Lipinski definition) is 1. The van der Waals surface area contributed by atoms with Crippen molar-refractivity contribution in [3.8, 4) is 5.75 Å². The number of aromatic nitrogens is 1. The predicted molar refractivity (Wildman–Crippen MR) is 88.6 cm³/mol. The lowest BCUT2D eigenvalue weighted by Gasteiger charge is -2.14. The Morgan fingerprint density at radius 1 is 1.32 bits per heavy atom. The number of nitrogens with one attached hydrogen (secondary N) is 1. The van der Waals surface area contributed by atoms with Gasteiger partial charge in [0, 0.05) is 0 Å². The van der Waals surface area contributed by atoms with E-state index in [4.69, 9.17) is 16.3 Å². The average Bonchev–Trinajstić information content (AvgIpc) is 2.47. The van der Waals surface area contributed by atoms with Gasteiger partial charge in [-0.2, -0.15) is 0 Å². The SMILES string of the molecule is Cc1ccc(C(C)C)c(OCC(=O)Nc2ccc(Cl)nc2)c1. The monoisotopic (exact) mass is 318 g/mol. The van der Waals surface area contributed by atoms with Crippen molar-refractivity contribution in [1.82, 2.24) is 4.98 Å². The van der Waals surface area contributed by atoms with Crippen molar-refractivity contribution in [3.63, 3.8) is 0 Å². The van der Waals surface area contributed by atoms with Crippen LogP contribution >= 0.6 is 11.6 Å². The first-order chi connectivity index (χ1) is 10.5. The van der Waals surface area contributed by atoms with Gasteiger partial charge in [-0.05, 0) is 42.2 Å². The zero-order valence-electron chi connectivity index (χ0n) is 12.9. The van der Waals surface area contributed by atoms with Gasteiger partial charge in [-0.1, -0.05) is 37.6 Å². The first-order valence-corrected chi connectivity index (χ1v) is 7.48. The van der Waals surface area contributed by atoms with Crippen molar-refractivity contribution in [2.75, 3.05) is 11.9 Å². The minimum Gasteiger partial charge on any atom is -0.483 e. The smallest absolute Gasteiger partial charge is 0.262 e. The molecule has 0 saturated carbocycles. The fourth-order valence-electron chi connectivity index (χ4n) is 2.03. The highest BCUT2D eigenvalue weighted by molar-refractivity contribution is 6.29. The Hall–Kier alpha value is -2.07. The number of rotatable bonds is 5. The van der Waals surface area contributed by atoms with E-state index in [1.807, 2.05) is 25.1 Å². The van der Waals surface area contributed by atoms with Gasteiger partial charge in [0.25, 0.3) is 5.91 Å². The molecule has 0 radical (unpaired) electrons. The molecule has 1 N–H and O–H groups in total. The van der Waals surface area contributed by atoms with Crippen LogP contribution in [0.3, 0.4) is 0 Å². The number of amides is 1. The van der Waals surface area contributed by atoms with Crippen LogP contribution in [-0.2, 0) is 4.79 Å². The van der Waals surface area contributed by atoms with Crippen LogP contribution in [0.15, 0.2) is 36.5 Å². The average molecular weight is 319 g/mol. The van der Waals surface area contributed by atoms with E-state index >= 15 is 0 Å². The third-order valence-corrected chi connectivity index (χ3v) is 3.38. The van der Waals surface area contributed by atoms with Gasteiger partial charge < -0.3 is 10.1 Å². The number of carbonyl (C=O) groups excluding carboxylic acids is 1. The lowest BCUT2D eigenvalue weighted by molar-refractivity contribution is -0.118. The number of halogens is 1. The molecule has 0 fully saturated rings. The van der Waals surface area contributed by atoms with Crippen LogP contribution < -0.4 is 10.1 Å². The van der Waals surface area contributed by atoms with E-state index in [-0.39, 0.29) is 12.5 Å². The van der Waals surface area contributed by atoms with Gasteiger partial charge in [0.2, 0.25) is 0 Å². The van der Waals surface area contributed by atoms with Crippen molar-refractivity contribution in [1.29, 1.82) is 0 Å². The summed E-state index contributed by atoms with van der Waals surface area (Å²) in [5, 5.41) is 3.10. The fraction of sp³-hybridized carbons (Fsp3) is 0.294. The van der Waals surface area contributed by atoms with Crippen LogP contribution in [0.5, 0.6) is 5.75 Å². The zero-order valence-corrected chi connectivity index (χ0v) is 13.6. The summed E-state index contributed by atoms with van der Waals surface area (Å²) in [5.74, 6) is 0.846. The Labute approximate surface area is 135 Å². The molecule has 0 bridgehead atoms. The first kappa shape index (κ1) is 16.3. The summed E-state index contributed by atoms with van der Waals surface area (Å²) < 4.78 is 5.68. The fourth-order valence-corrected chi connectivity index (χ4v) is 2.15. The Kier molecular flexibility index (Phi) is 5.39. The number of anilines is 1. The summed E-state index contributed by atoms with van der Waals surface area (Å²) in [6.07, 6.45) is 1.51. The summed E-state index contributed by atoms with van der Waals surface area (Å²) >= 11 is 5.70. The van der Waals surface area contributed by atoms with Crippen LogP contribution in [0.25, 0.3) is 0 Å². The van der Waals surface area contributed by atoms with E-state index in [2.05, 4.69) is 24.1 Å². The Bertz CT molecular complexity index is 654. The summed E-state index contributed by atoms with van der Waals surface area (Å²) in [6, 6.07) is 9.35. The Morgan fingerprint density at radius 3 is 2.73 bits per heavy atom. The van der Waals surface area contributed by atoms with Gasteiger partial charge >= 0.3 is 0 Å². The molecule has 1 amide bonds. The topological polar surface area (TPSA) is 51.2 Å². The number of hydrogen-bond acceptors (Lipinski definition) is 3. The maximum absolute atomic E-state index is 11.9. The molecule has 0 aliphatic rings. The third-order valence-electron chi connectivity index (χ3n) is 3.16. The third kappa shape index (κ3) is 4.46. The van der Waals surface area contributed by atoms with E-state index in [1.54, 1.807) is 12.1 Å². The molecule has 0 unspecified atom stereocenters. The Balaban J connectivity index is 1.99. The van der Waals surface area contributed by atoms with Crippen molar-refractivity contribution in [3.05, 3.63) is 52.8 Å².